The molecule has 1 aromatic rings. The SMILES string of the molecule is Cc1c(CO)cccc1S(=O)(=O)NC(CN(C)C)C(C)C. The van der Waals surface area contributed by atoms with Crippen molar-refractivity contribution in [3.63, 3.8) is 0 Å². The fraction of sp³-hybridized carbons (Fsp3) is 0.600. The van der Waals surface area contributed by atoms with Crippen LogP contribution in [-0.4, -0.2) is 45.1 Å². The highest BCUT2D eigenvalue weighted by atomic mass is 32.2. The molecule has 1 unspecified atom stereocenters. The van der Waals surface area contributed by atoms with Crippen molar-refractivity contribution in [2.45, 2.75) is 38.3 Å². The predicted octanol–water partition coefficient (Wildman–Crippen LogP) is 1.35. The van der Waals surface area contributed by atoms with Gasteiger partial charge in [-0.2, -0.15) is 0 Å². The van der Waals surface area contributed by atoms with Crippen LogP contribution in [0.4, 0.5) is 0 Å². The van der Waals surface area contributed by atoms with E-state index in [4.69, 9.17) is 0 Å². The van der Waals surface area contributed by atoms with Gasteiger partial charge in [-0.25, -0.2) is 13.1 Å². The molecule has 0 aliphatic heterocycles. The number of nitrogens with zero attached hydrogens (tertiary/aromatic N) is 1. The molecule has 0 amide bonds. The smallest absolute Gasteiger partial charge is 0.241 e. The summed E-state index contributed by atoms with van der Waals surface area (Å²) in [4.78, 5) is 2.20. The van der Waals surface area contributed by atoms with Crippen molar-refractivity contribution < 1.29 is 13.5 Å². The molecule has 0 radical (unpaired) electrons. The van der Waals surface area contributed by atoms with E-state index in [1.54, 1.807) is 25.1 Å². The molecule has 0 fully saturated rings. The first-order valence-corrected chi connectivity index (χ1v) is 8.53. The zero-order valence-electron chi connectivity index (χ0n) is 13.4. The third-order valence-electron chi connectivity index (χ3n) is 3.53. The number of likely N-dealkylation sites (N-methyl/N-ethyl adjacent to an activating group) is 1. The van der Waals surface area contributed by atoms with Gasteiger partial charge in [0.15, 0.2) is 0 Å². The Kier molecular flexibility index (Phi) is 6.34. The first-order valence-electron chi connectivity index (χ1n) is 7.05. The van der Waals surface area contributed by atoms with Gasteiger partial charge >= 0.3 is 0 Å². The Hall–Kier alpha value is -0.950. The lowest BCUT2D eigenvalue weighted by molar-refractivity contribution is 0.280. The molecule has 0 aromatic heterocycles. The van der Waals surface area contributed by atoms with E-state index < -0.39 is 10.0 Å². The van der Waals surface area contributed by atoms with Crippen molar-refractivity contribution in [3.8, 4) is 0 Å². The Balaban J connectivity index is 3.10. The molecule has 0 saturated heterocycles. The monoisotopic (exact) mass is 314 g/mol. The van der Waals surface area contributed by atoms with E-state index in [0.717, 1.165) is 0 Å². The number of hydrogen-bond donors (Lipinski definition) is 2. The molecule has 0 bridgehead atoms. The van der Waals surface area contributed by atoms with Gasteiger partial charge in [-0.05, 0) is 44.1 Å². The van der Waals surface area contributed by atoms with Crippen LogP contribution in [0.1, 0.15) is 25.0 Å². The predicted molar refractivity (Wildman–Crippen MR) is 84.6 cm³/mol. The third-order valence-corrected chi connectivity index (χ3v) is 5.16. The summed E-state index contributed by atoms with van der Waals surface area (Å²) in [6.07, 6.45) is 0. The van der Waals surface area contributed by atoms with E-state index in [9.17, 15) is 13.5 Å². The first kappa shape index (κ1) is 18.1. The summed E-state index contributed by atoms with van der Waals surface area (Å²) < 4.78 is 28.0. The Morgan fingerprint density at radius 2 is 1.90 bits per heavy atom. The van der Waals surface area contributed by atoms with Crippen molar-refractivity contribution in [2.75, 3.05) is 20.6 Å². The highest BCUT2D eigenvalue weighted by molar-refractivity contribution is 7.89. The third kappa shape index (κ3) is 4.78. The molecule has 1 rings (SSSR count). The van der Waals surface area contributed by atoms with Crippen LogP contribution in [0.5, 0.6) is 0 Å². The van der Waals surface area contributed by atoms with Crippen LogP contribution in [0.2, 0.25) is 0 Å². The molecular weight excluding hydrogens is 288 g/mol. The Morgan fingerprint density at radius 3 is 2.38 bits per heavy atom. The standard InChI is InChI=1S/C15H26N2O3S/c1-11(2)14(9-17(4)5)16-21(19,20)15-8-6-7-13(10-18)12(15)3/h6-8,11,14,16,18H,9-10H2,1-5H3. The average molecular weight is 314 g/mol. The van der Waals surface area contributed by atoms with Gasteiger partial charge < -0.3 is 10.0 Å². The zero-order chi connectivity index (χ0) is 16.2. The van der Waals surface area contributed by atoms with Crippen LogP contribution >= 0.6 is 0 Å². The first-order chi connectivity index (χ1) is 9.69. The molecule has 0 aliphatic carbocycles. The Morgan fingerprint density at radius 1 is 1.29 bits per heavy atom. The maximum Gasteiger partial charge on any atom is 0.241 e. The largest absolute Gasteiger partial charge is 0.392 e. The lowest BCUT2D eigenvalue weighted by atomic mass is 10.1. The van der Waals surface area contributed by atoms with Gasteiger partial charge in [0, 0.05) is 12.6 Å². The number of aliphatic hydroxyl groups is 1. The number of sulfonamides is 1. The van der Waals surface area contributed by atoms with Crippen LogP contribution < -0.4 is 4.72 Å². The van der Waals surface area contributed by atoms with Gasteiger partial charge in [-0.1, -0.05) is 26.0 Å². The maximum absolute atomic E-state index is 12.6. The second-order valence-electron chi connectivity index (χ2n) is 5.93. The van der Waals surface area contributed by atoms with Crippen molar-refractivity contribution in [1.29, 1.82) is 0 Å². The molecule has 0 aliphatic rings. The molecule has 0 heterocycles. The number of rotatable bonds is 7. The van der Waals surface area contributed by atoms with Crippen molar-refractivity contribution in [2.24, 2.45) is 5.92 Å². The van der Waals surface area contributed by atoms with Crippen molar-refractivity contribution >= 4 is 10.0 Å². The van der Waals surface area contributed by atoms with E-state index in [0.29, 0.717) is 17.7 Å². The molecule has 1 aromatic carbocycles. The maximum atomic E-state index is 12.6. The Labute approximate surface area is 128 Å². The number of aliphatic hydroxyl groups excluding tert-OH is 1. The summed E-state index contributed by atoms with van der Waals surface area (Å²) >= 11 is 0. The van der Waals surface area contributed by atoms with Gasteiger partial charge in [0.1, 0.15) is 0 Å². The lowest BCUT2D eigenvalue weighted by Gasteiger charge is -2.26. The second kappa shape index (κ2) is 7.35. The minimum absolute atomic E-state index is 0.165. The van der Waals surface area contributed by atoms with Gasteiger partial charge in [0.05, 0.1) is 11.5 Å². The van der Waals surface area contributed by atoms with Crippen LogP contribution in [-0.2, 0) is 16.6 Å². The molecule has 0 spiro atoms. The second-order valence-corrected chi connectivity index (χ2v) is 7.61. The summed E-state index contributed by atoms with van der Waals surface area (Å²) in [7, 11) is 0.235. The van der Waals surface area contributed by atoms with Gasteiger partial charge in [-0.15, -0.1) is 0 Å². The molecule has 6 heteroatoms. The summed E-state index contributed by atoms with van der Waals surface area (Å²) in [5, 5.41) is 9.28. The quantitative estimate of drug-likeness (QED) is 0.797. The fourth-order valence-electron chi connectivity index (χ4n) is 2.16. The van der Waals surface area contributed by atoms with Crippen LogP contribution in [0, 0.1) is 12.8 Å². The molecule has 5 nitrogen and oxygen atoms in total. The topological polar surface area (TPSA) is 69.6 Å². The Bertz CT molecular complexity index is 568. The highest BCUT2D eigenvalue weighted by Crippen LogP contribution is 2.20. The summed E-state index contributed by atoms with van der Waals surface area (Å²) in [6.45, 7) is 6.17. The number of benzene rings is 1. The fourth-order valence-corrected chi connectivity index (χ4v) is 3.83. The molecule has 1 atom stereocenters. The van der Waals surface area contributed by atoms with Crippen molar-refractivity contribution in [1.82, 2.24) is 9.62 Å². The summed E-state index contributed by atoms with van der Waals surface area (Å²) in [5.74, 6) is 0.184. The molecule has 120 valence electrons. The van der Waals surface area contributed by atoms with Gasteiger partial charge in [0.25, 0.3) is 0 Å². The van der Waals surface area contributed by atoms with Crippen LogP contribution in [0.3, 0.4) is 0 Å². The van der Waals surface area contributed by atoms with Crippen molar-refractivity contribution in [3.05, 3.63) is 29.3 Å². The molecule has 21 heavy (non-hydrogen) atoms. The minimum Gasteiger partial charge on any atom is -0.392 e. The molecule has 2 N–H and O–H groups in total. The highest BCUT2D eigenvalue weighted by Gasteiger charge is 2.24. The summed E-state index contributed by atoms with van der Waals surface area (Å²) in [5.41, 5.74) is 1.23. The molecular formula is C15H26N2O3S. The van der Waals surface area contributed by atoms with E-state index >= 15 is 0 Å². The van der Waals surface area contributed by atoms with E-state index in [2.05, 4.69) is 4.72 Å². The van der Waals surface area contributed by atoms with Gasteiger partial charge in [0.2, 0.25) is 10.0 Å². The normalized spacial score (nSPS) is 13.9. The number of nitrogens with one attached hydrogen (secondary N) is 1. The zero-order valence-corrected chi connectivity index (χ0v) is 14.2. The lowest BCUT2D eigenvalue weighted by Crippen LogP contribution is -2.45. The minimum atomic E-state index is -3.60. The summed E-state index contributed by atoms with van der Waals surface area (Å²) in [6, 6.07) is 4.80. The molecule has 0 saturated carbocycles. The van der Waals surface area contributed by atoms with E-state index in [1.165, 1.54) is 0 Å². The number of hydrogen-bond acceptors (Lipinski definition) is 4. The van der Waals surface area contributed by atoms with Gasteiger partial charge in [-0.3, -0.25) is 0 Å². The van der Waals surface area contributed by atoms with Crippen LogP contribution in [0.25, 0.3) is 0 Å². The van der Waals surface area contributed by atoms with E-state index in [1.807, 2.05) is 32.8 Å². The average Bonchev–Trinajstić information content (AvgIpc) is 2.37. The van der Waals surface area contributed by atoms with E-state index in [-0.39, 0.29) is 23.5 Å². The van der Waals surface area contributed by atoms with Crippen LogP contribution in [0.15, 0.2) is 23.1 Å².